The molecule has 108 valence electrons. The molecule has 0 aliphatic heterocycles. The lowest BCUT2D eigenvalue weighted by Gasteiger charge is -2.00. The second kappa shape index (κ2) is 5.38. The van der Waals surface area contributed by atoms with Gasteiger partial charge in [-0.05, 0) is 31.1 Å². The molecule has 1 saturated carbocycles. The van der Waals surface area contributed by atoms with Crippen LogP contribution in [0.1, 0.15) is 30.1 Å². The third-order valence-electron chi connectivity index (χ3n) is 3.12. The summed E-state index contributed by atoms with van der Waals surface area (Å²) in [5.41, 5.74) is 0.412. The van der Waals surface area contributed by atoms with Gasteiger partial charge in [0.1, 0.15) is 0 Å². The maximum Gasteiger partial charge on any atom is 0.270 e. The molecule has 0 atom stereocenters. The highest BCUT2D eigenvalue weighted by atomic mass is 35.5. The van der Waals surface area contributed by atoms with Gasteiger partial charge < -0.3 is 0 Å². The zero-order valence-electron chi connectivity index (χ0n) is 10.7. The number of nitrogens with one attached hydrogen (secondary N) is 1. The number of nitro benzene ring substituents is 1. The molecule has 0 unspecified atom stereocenters. The van der Waals surface area contributed by atoms with E-state index in [0.29, 0.717) is 21.3 Å². The Labute approximate surface area is 129 Å². The first-order valence-electron chi connectivity index (χ1n) is 6.22. The topological polar surface area (TPSA) is 89.1 Å². The average Bonchev–Trinajstić information content (AvgIpc) is 3.22. The Morgan fingerprint density at radius 3 is 3.00 bits per heavy atom. The van der Waals surface area contributed by atoms with E-state index in [4.69, 9.17) is 23.8 Å². The summed E-state index contributed by atoms with van der Waals surface area (Å²) in [6.45, 7) is 0. The average molecular weight is 324 g/mol. The highest BCUT2D eigenvalue weighted by Gasteiger charge is 2.29. The summed E-state index contributed by atoms with van der Waals surface area (Å²) in [4.78, 5) is 10.3. The number of aromatic amines is 1. The molecule has 1 N–H and O–H groups in total. The Kier molecular flexibility index (Phi) is 3.56. The van der Waals surface area contributed by atoms with Crippen LogP contribution in [0.2, 0.25) is 5.02 Å². The number of rotatable bonds is 4. The van der Waals surface area contributed by atoms with Crippen molar-refractivity contribution in [1.82, 2.24) is 14.9 Å². The molecule has 0 bridgehead atoms. The number of halogens is 1. The predicted molar refractivity (Wildman–Crippen MR) is 80.5 cm³/mol. The van der Waals surface area contributed by atoms with Crippen LogP contribution in [0.3, 0.4) is 0 Å². The van der Waals surface area contributed by atoms with Crippen LogP contribution < -0.4 is 0 Å². The summed E-state index contributed by atoms with van der Waals surface area (Å²) in [7, 11) is 0. The van der Waals surface area contributed by atoms with Crippen molar-refractivity contribution in [3.05, 3.63) is 49.5 Å². The molecular formula is C12H10ClN5O2S. The number of aromatic nitrogens is 3. The SMILES string of the molecule is O=[N+]([O-])c1ccc(Cl)c(/C=N\n2c(C3CC3)n[nH]c2=S)c1. The number of nitrogens with zero attached hydrogens (tertiary/aromatic N) is 4. The summed E-state index contributed by atoms with van der Waals surface area (Å²) < 4.78 is 1.91. The number of hydrogen-bond donors (Lipinski definition) is 1. The van der Waals surface area contributed by atoms with Gasteiger partial charge in [0.05, 0.1) is 11.1 Å². The largest absolute Gasteiger partial charge is 0.270 e. The first-order valence-corrected chi connectivity index (χ1v) is 7.00. The minimum atomic E-state index is -0.479. The number of nitro groups is 1. The Hall–Kier alpha value is -2.06. The zero-order chi connectivity index (χ0) is 15.0. The van der Waals surface area contributed by atoms with Gasteiger partial charge in [-0.3, -0.25) is 15.2 Å². The molecule has 1 aliphatic rings. The molecule has 0 saturated heterocycles. The van der Waals surface area contributed by atoms with E-state index >= 15 is 0 Å². The number of H-pyrrole nitrogens is 1. The van der Waals surface area contributed by atoms with E-state index in [-0.39, 0.29) is 5.69 Å². The molecule has 1 aromatic heterocycles. The molecule has 1 fully saturated rings. The highest BCUT2D eigenvalue weighted by molar-refractivity contribution is 7.71. The van der Waals surface area contributed by atoms with Crippen LogP contribution in [0.5, 0.6) is 0 Å². The minimum absolute atomic E-state index is 0.0425. The molecule has 9 heteroatoms. The number of benzene rings is 1. The van der Waals surface area contributed by atoms with Crippen LogP contribution in [0.4, 0.5) is 5.69 Å². The molecule has 3 rings (SSSR count). The van der Waals surface area contributed by atoms with Crippen LogP contribution in [0.15, 0.2) is 23.3 Å². The van der Waals surface area contributed by atoms with Gasteiger partial charge in [-0.15, -0.1) is 0 Å². The van der Waals surface area contributed by atoms with Crippen LogP contribution in [0, 0.1) is 14.9 Å². The van der Waals surface area contributed by atoms with Gasteiger partial charge in [-0.25, -0.2) is 0 Å². The van der Waals surface area contributed by atoms with E-state index in [1.54, 1.807) is 0 Å². The number of hydrogen-bond acceptors (Lipinski definition) is 5. The summed E-state index contributed by atoms with van der Waals surface area (Å²) >= 11 is 11.1. The van der Waals surface area contributed by atoms with Crippen LogP contribution in [-0.2, 0) is 0 Å². The molecule has 1 heterocycles. The fourth-order valence-electron chi connectivity index (χ4n) is 1.88. The standard InChI is InChI=1S/C12H10ClN5O2S/c13-10-4-3-9(18(19)20)5-8(10)6-14-17-11(7-1-2-7)15-16-12(17)21/h3-7H,1-2H2,(H,16,21)/b14-6-. The number of non-ortho nitro benzene ring substituents is 1. The van der Waals surface area contributed by atoms with Crippen molar-refractivity contribution >= 4 is 35.7 Å². The lowest BCUT2D eigenvalue weighted by atomic mass is 10.2. The van der Waals surface area contributed by atoms with Gasteiger partial charge in [-0.1, -0.05) is 11.6 Å². The Morgan fingerprint density at radius 1 is 1.57 bits per heavy atom. The third-order valence-corrected chi connectivity index (χ3v) is 3.73. The van der Waals surface area contributed by atoms with Gasteiger partial charge in [0, 0.05) is 28.6 Å². The Bertz CT molecular complexity index is 793. The van der Waals surface area contributed by atoms with Crippen molar-refractivity contribution in [3.63, 3.8) is 0 Å². The van der Waals surface area contributed by atoms with Crippen LogP contribution in [0.25, 0.3) is 0 Å². The highest BCUT2D eigenvalue weighted by Crippen LogP contribution is 2.38. The second-order valence-corrected chi connectivity index (χ2v) is 5.47. The van der Waals surface area contributed by atoms with Gasteiger partial charge in [0.2, 0.25) is 4.77 Å². The smallest absolute Gasteiger partial charge is 0.258 e. The quantitative estimate of drug-likeness (QED) is 0.405. The molecule has 21 heavy (non-hydrogen) atoms. The third kappa shape index (κ3) is 2.86. The van der Waals surface area contributed by atoms with Crippen molar-refractivity contribution in [1.29, 1.82) is 0 Å². The molecule has 0 spiro atoms. The van der Waals surface area contributed by atoms with Crippen molar-refractivity contribution in [2.24, 2.45) is 5.10 Å². The van der Waals surface area contributed by atoms with Crippen molar-refractivity contribution in [2.45, 2.75) is 18.8 Å². The van der Waals surface area contributed by atoms with Gasteiger partial charge >= 0.3 is 0 Å². The lowest BCUT2D eigenvalue weighted by molar-refractivity contribution is -0.384. The maximum absolute atomic E-state index is 10.8. The van der Waals surface area contributed by atoms with Crippen molar-refractivity contribution in [3.8, 4) is 0 Å². The molecule has 2 aromatic rings. The van der Waals surface area contributed by atoms with Crippen LogP contribution >= 0.6 is 23.8 Å². The summed E-state index contributed by atoms with van der Waals surface area (Å²) in [6, 6.07) is 4.18. The first kappa shape index (κ1) is 13.9. The molecule has 0 radical (unpaired) electrons. The lowest BCUT2D eigenvalue weighted by Crippen LogP contribution is -1.98. The Morgan fingerprint density at radius 2 is 2.33 bits per heavy atom. The van der Waals surface area contributed by atoms with Gasteiger partial charge in [0.25, 0.3) is 5.69 Å². The molecule has 1 aliphatic carbocycles. The van der Waals surface area contributed by atoms with E-state index in [0.717, 1.165) is 18.7 Å². The van der Waals surface area contributed by atoms with E-state index < -0.39 is 4.92 Å². The zero-order valence-corrected chi connectivity index (χ0v) is 12.3. The summed E-state index contributed by atoms with van der Waals surface area (Å²) in [5.74, 6) is 1.15. The molecule has 7 nitrogen and oxygen atoms in total. The van der Waals surface area contributed by atoms with Crippen LogP contribution in [-0.4, -0.2) is 26.0 Å². The maximum atomic E-state index is 10.8. The molecule has 0 amide bonds. The predicted octanol–water partition coefficient (Wildman–Crippen LogP) is 3.26. The normalized spacial score (nSPS) is 14.7. The summed E-state index contributed by atoms with van der Waals surface area (Å²) in [6.07, 6.45) is 3.58. The minimum Gasteiger partial charge on any atom is -0.258 e. The van der Waals surface area contributed by atoms with E-state index in [9.17, 15) is 10.1 Å². The summed E-state index contributed by atoms with van der Waals surface area (Å²) in [5, 5.41) is 22.3. The first-order chi connectivity index (χ1) is 10.1. The van der Waals surface area contributed by atoms with E-state index in [1.807, 2.05) is 0 Å². The molecular weight excluding hydrogens is 314 g/mol. The van der Waals surface area contributed by atoms with E-state index in [2.05, 4.69) is 15.3 Å². The Balaban J connectivity index is 1.96. The van der Waals surface area contributed by atoms with Gasteiger partial charge in [0.15, 0.2) is 5.82 Å². The fraction of sp³-hybridized carbons (Fsp3) is 0.250. The fourth-order valence-corrected chi connectivity index (χ4v) is 2.24. The van der Waals surface area contributed by atoms with Crippen molar-refractivity contribution in [2.75, 3.05) is 0 Å². The molecule has 1 aromatic carbocycles. The second-order valence-electron chi connectivity index (χ2n) is 4.68. The van der Waals surface area contributed by atoms with E-state index in [1.165, 1.54) is 29.1 Å². The van der Waals surface area contributed by atoms with Crippen molar-refractivity contribution < 1.29 is 4.92 Å². The monoisotopic (exact) mass is 323 g/mol. The van der Waals surface area contributed by atoms with Gasteiger partial charge in [-0.2, -0.15) is 14.9 Å².